The van der Waals surface area contributed by atoms with Crippen LogP contribution in [0.4, 0.5) is 8.78 Å². The van der Waals surface area contributed by atoms with Crippen LogP contribution < -0.4 is 4.72 Å². The predicted octanol–water partition coefficient (Wildman–Crippen LogP) is 1.16. The van der Waals surface area contributed by atoms with E-state index >= 15 is 0 Å². The van der Waals surface area contributed by atoms with Crippen molar-refractivity contribution in [1.29, 1.82) is 0 Å². The van der Waals surface area contributed by atoms with Crippen LogP contribution in [0.5, 0.6) is 0 Å². The molecule has 0 aliphatic rings. The highest BCUT2D eigenvalue weighted by molar-refractivity contribution is 7.89. The van der Waals surface area contributed by atoms with Gasteiger partial charge in [-0.1, -0.05) is 0 Å². The summed E-state index contributed by atoms with van der Waals surface area (Å²) in [7, 11) is -2.89. The van der Waals surface area contributed by atoms with Crippen LogP contribution >= 0.6 is 0 Å². The minimum atomic E-state index is -4.28. The number of benzene rings is 1. The Kier molecular flexibility index (Phi) is 5.20. The number of halogens is 2. The molecule has 0 radical (unpaired) electrons. The molecule has 8 heteroatoms. The predicted molar refractivity (Wildman–Crippen MR) is 68.6 cm³/mol. The Balaban J connectivity index is 3.25. The second kappa shape index (κ2) is 6.13. The molecule has 0 fully saturated rings. The van der Waals surface area contributed by atoms with Crippen LogP contribution in [0.3, 0.4) is 0 Å². The SMILES string of the molecule is COCC(C)(C)NS(=O)(=O)c1cc(CO)cc(F)c1F. The molecular weight excluding hydrogens is 292 g/mol. The van der Waals surface area contributed by atoms with Gasteiger partial charge in [-0.3, -0.25) is 0 Å². The van der Waals surface area contributed by atoms with Crippen LogP contribution in [0.25, 0.3) is 0 Å². The van der Waals surface area contributed by atoms with Crippen LogP contribution in [-0.2, 0) is 21.4 Å². The quantitative estimate of drug-likeness (QED) is 0.827. The van der Waals surface area contributed by atoms with Crippen LogP contribution in [0.15, 0.2) is 17.0 Å². The minimum Gasteiger partial charge on any atom is -0.392 e. The average Bonchev–Trinajstić information content (AvgIpc) is 2.30. The van der Waals surface area contributed by atoms with Gasteiger partial charge < -0.3 is 9.84 Å². The molecule has 0 aliphatic carbocycles. The molecule has 0 aromatic heterocycles. The third kappa shape index (κ3) is 3.95. The molecule has 1 rings (SSSR count). The van der Waals surface area contributed by atoms with Crippen molar-refractivity contribution in [2.45, 2.75) is 30.9 Å². The van der Waals surface area contributed by atoms with Crippen LogP contribution in [0.2, 0.25) is 0 Å². The van der Waals surface area contributed by atoms with Gasteiger partial charge in [0.1, 0.15) is 4.90 Å². The third-order valence-electron chi connectivity index (χ3n) is 2.44. The highest BCUT2D eigenvalue weighted by Crippen LogP contribution is 2.21. The topological polar surface area (TPSA) is 75.6 Å². The summed E-state index contributed by atoms with van der Waals surface area (Å²) in [6.07, 6.45) is 0. The number of aliphatic hydroxyl groups excluding tert-OH is 1. The number of hydrogen-bond acceptors (Lipinski definition) is 4. The summed E-state index contributed by atoms with van der Waals surface area (Å²) < 4.78 is 58.3. The molecule has 0 heterocycles. The lowest BCUT2D eigenvalue weighted by atomic mass is 10.1. The van der Waals surface area contributed by atoms with Crippen molar-refractivity contribution < 1.29 is 27.0 Å². The van der Waals surface area contributed by atoms with E-state index in [4.69, 9.17) is 9.84 Å². The number of hydrogen-bond donors (Lipinski definition) is 2. The van der Waals surface area contributed by atoms with Crippen molar-refractivity contribution in [1.82, 2.24) is 4.72 Å². The van der Waals surface area contributed by atoms with Gasteiger partial charge in [-0.15, -0.1) is 0 Å². The minimum absolute atomic E-state index is 0.0335. The summed E-state index contributed by atoms with van der Waals surface area (Å²) in [4.78, 5) is -0.842. The number of methoxy groups -OCH3 is 1. The highest BCUT2D eigenvalue weighted by Gasteiger charge is 2.29. The van der Waals surface area contributed by atoms with E-state index in [1.165, 1.54) is 21.0 Å². The smallest absolute Gasteiger partial charge is 0.244 e. The fraction of sp³-hybridized carbons (Fsp3) is 0.500. The Morgan fingerprint density at radius 3 is 2.45 bits per heavy atom. The number of aliphatic hydroxyl groups is 1. The summed E-state index contributed by atoms with van der Waals surface area (Å²) in [6, 6.07) is 1.64. The fourth-order valence-corrected chi connectivity index (χ4v) is 3.25. The Bertz CT molecular complexity index is 587. The van der Waals surface area contributed by atoms with Crippen molar-refractivity contribution in [2.75, 3.05) is 13.7 Å². The number of nitrogens with one attached hydrogen (secondary N) is 1. The first kappa shape index (κ1) is 17.0. The summed E-state index contributed by atoms with van der Waals surface area (Å²) in [6.45, 7) is 2.54. The second-order valence-corrected chi connectivity index (χ2v) is 6.62. The standard InChI is InChI=1S/C12H17F2NO4S/c1-12(2,7-19-3)15-20(17,18)10-5-8(6-16)4-9(13)11(10)14/h4-5,15-16H,6-7H2,1-3H3. The van der Waals surface area contributed by atoms with Gasteiger partial charge in [0.05, 0.1) is 18.8 Å². The number of sulfonamides is 1. The molecule has 0 saturated heterocycles. The zero-order valence-corrected chi connectivity index (χ0v) is 12.2. The molecule has 1 aromatic rings. The van der Waals surface area contributed by atoms with E-state index in [2.05, 4.69) is 4.72 Å². The molecule has 0 saturated carbocycles. The molecule has 0 unspecified atom stereocenters. The maximum atomic E-state index is 13.7. The summed E-state index contributed by atoms with van der Waals surface area (Å²) >= 11 is 0. The van der Waals surface area contributed by atoms with E-state index in [-0.39, 0.29) is 12.2 Å². The molecule has 0 spiro atoms. The number of ether oxygens (including phenoxy) is 1. The van der Waals surface area contributed by atoms with Crippen LogP contribution in [0.1, 0.15) is 19.4 Å². The fourth-order valence-electron chi connectivity index (χ4n) is 1.71. The zero-order chi connectivity index (χ0) is 15.6. The van der Waals surface area contributed by atoms with E-state index < -0.39 is 38.7 Å². The van der Waals surface area contributed by atoms with Crippen molar-refractivity contribution in [2.24, 2.45) is 0 Å². The van der Waals surface area contributed by atoms with Gasteiger partial charge in [-0.05, 0) is 31.5 Å². The Hall–Kier alpha value is -1.09. The van der Waals surface area contributed by atoms with Crippen LogP contribution in [0, 0.1) is 11.6 Å². The summed E-state index contributed by atoms with van der Waals surface area (Å²) in [5.41, 5.74) is -1.03. The normalized spacial score (nSPS) is 12.7. The lowest BCUT2D eigenvalue weighted by molar-refractivity contribution is 0.141. The van der Waals surface area contributed by atoms with Crippen molar-refractivity contribution in [3.63, 3.8) is 0 Å². The zero-order valence-electron chi connectivity index (χ0n) is 11.4. The van der Waals surface area contributed by atoms with E-state index in [0.717, 1.165) is 12.1 Å². The Morgan fingerprint density at radius 1 is 1.35 bits per heavy atom. The van der Waals surface area contributed by atoms with Gasteiger partial charge in [-0.2, -0.15) is 0 Å². The van der Waals surface area contributed by atoms with E-state index in [0.29, 0.717) is 0 Å². The second-order valence-electron chi connectivity index (χ2n) is 4.97. The lowest BCUT2D eigenvalue weighted by Crippen LogP contribution is -2.46. The van der Waals surface area contributed by atoms with Crippen LogP contribution in [-0.4, -0.2) is 32.8 Å². The first-order valence-electron chi connectivity index (χ1n) is 5.74. The van der Waals surface area contributed by atoms with Gasteiger partial charge >= 0.3 is 0 Å². The lowest BCUT2D eigenvalue weighted by Gasteiger charge is -2.25. The molecule has 1 aromatic carbocycles. The summed E-state index contributed by atoms with van der Waals surface area (Å²) in [5.74, 6) is -2.82. The largest absolute Gasteiger partial charge is 0.392 e. The first-order valence-corrected chi connectivity index (χ1v) is 7.23. The van der Waals surface area contributed by atoms with Gasteiger partial charge in [0.15, 0.2) is 11.6 Å². The van der Waals surface area contributed by atoms with E-state index in [1.807, 2.05) is 0 Å². The molecule has 0 aliphatic heterocycles. The first-order chi connectivity index (χ1) is 9.13. The molecule has 0 bridgehead atoms. The molecule has 2 N–H and O–H groups in total. The average molecular weight is 309 g/mol. The molecular formula is C12H17F2NO4S. The molecule has 114 valence electrons. The van der Waals surface area contributed by atoms with Crippen molar-refractivity contribution >= 4 is 10.0 Å². The van der Waals surface area contributed by atoms with E-state index in [9.17, 15) is 17.2 Å². The van der Waals surface area contributed by atoms with Gasteiger partial charge in [0.25, 0.3) is 0 Å². The monoisotopic (exact) mass is 309 g/mol. The number of rotatable bonds is 6. The Morgan fingerprint density at radius 2 is 1.95 bits per heavy atom. The molecule has 20 heavy (non-hydrogen) atoms. The third-order valence-corrected chi connectivity index (χ3v) is 4.14. The molecule has 0 atom stereocenters. The van der Waals surface area contributed by atoms with Crippen molar-refractivity contribution in [3.8, 4) is 0 Å². The van der Waals surface area contributed by atoms with E-state index in [1.54, 1.807) is 0 Å². The van der Waals surface area contributed by atoms with Gasteiger partial charge in [-0.25, -0.2) is 21.9 Å². The van der Waals surface area contributed by atoms with Gasteiger partial charge in [0.2, 0.25) is 10.0 Å². The Labute approximate surface area is 116 Å². The molecule has 0 amide bonds. The summed E-state index contributed by atoms with van der Waals surface area (Å²) in [5, 5.41) is 8.94. The maximum Gasteiger partial charge on any atom is 0.244 e. The highest BCUT2D eigenvalue weighted by atomic mass is 32.2. The van der Waals surface area contributed by atoms with Gasteiger partial charge in [0, 0.05) is 7.11 Å². The van der Waals surface area contributed by atoms with Crippen molar-refractivity contribution in [3.05, 3.63) is 29.3 Å². The molecule has 5 nitrogen and oxygen atoms in total. The maximum absolute atomic E-state index is 13.7.